The predicted molar refractivity (Wildman–Crippen MR) is 102 cm³/mol. The Labute approximate surface area is 166 Å². The number of aliphatic carboxylic acids is 1. The van der Waals surface area contributed by atoms with Crippen LogP contribution in [0.15, 0.2) is 45.2 Å². The van der Waals surface area contributed by atoms with E-state index < -0.39 is 27.3 Å². The monoisotopic (exact) mass is 438 g/mol. The molecular weight excluding hydrogens is 423 g/mol. The maximum absolute atomic E-state index is 13.0. The minimum atomic E-state index is -4.04. The van der Waals surface area contributed by atoms with Crippen LogP contribution in [0, 0.1) is 5.92 Å². The zero-order chi connectivity index (χ0) is 19.7. The van der Waals surface area contributed by atoms with Gasteiger partial charge < -0.3 is 16.6 Å². The van der Waals surface area contributed by atoms with Gasteiger partial charge in [-0.15, -0.1) is 0 Å². The highest BCUT2D eigenvalue weighted by molar-refractivity contribution is 7.95. The fourth-order valence-corrected chi connectivity index (χ4v) is 4.99. The van der Waals surface area contributed by atoms with E-state index in [0.717, 1.165) is 0 Å². The molecule has 2 atom stereocenters. The number of benzene rings is 1. The van der Waals surface area contributed by atoms with E-state index >= 15 is 0 Å². The maximum atomic E-state index is 13.0. The molecule has 0 saturated heterocycles. The summed E-state index contributed by atoms with van der Waals surface area (Å²) in [6.07, 6.45) is 2.61. The normalized spacial score (nSPS) is 21.7. The fourth-order valence-electron chi connectivity index (χ4n) is 2.70. The van der Waals surface area contributed by atoms with Crippen LogP contribution in [-0.2, 0) is 14.6 Å². The number of allylic oxidation sites excluding steroid dienone is 1. The summed E-state index contributed by atoms with van der Waals surface area (Å²) in [6.45, 7) is -0.0230. The van der Waals surface area contributed by atoms with Crippen molar-refractivity contribution in [1.82, 2.24) is 0 Å². The van der Waals surface area contributed by atoms with Gasteiger partial charge in [0.15, 0.2) is 0 Å². The van der Waals surface area contributed by atoms with Gasteiger partial charge in [0.25, 0.3) is 0 Å². The molecule has 1 aliphatic rings. The van der Waals surface area contributed by atoms with Crippen molar-refractivity contribution < 1.29 is 18.3 Å². The molecule has 0 unspecified atom stereocenters. The first-order valence-electron chi connectivity index (χ1n) is 7.51. The van der Waals surface area contributed by atoms with Gasteiger partial charge in [-0.25, -0.2) is 8.42 Å². The highest BCUT2D eigenvalue weighted by Gasteiger charge is 2.39. The topological polar surface area (TPSA) is 123 Å². The summed E-state index contributed by atoms with van der Waals surface area (Å²) in [5.41, 5.74) is 10.7. The Morgan fingerprint density at radius 3 is 2.46 bits per heavy atom. The van der Waals surface area contributed by atoms with Gasteiger partial charge in [-0.05, 0) is 37.2 Å². The van der Waals surface area contributed by atoms with Gasteiger partial charge in [-0.2, -0.15) is 0 Å². The van der Waals surface area contributed by atoms with E-state index in [2.05, 4.69) is 0 Å². The van der Waals surface area contributed by atoms with E-state index in [1.54, 1.807) is 0 Å². The molecule has 6 nitrogen and oxygen atoms in total. The maximum Gasteiger partial charge on any atom is 0.303 e. The third-order valence-electron chi connectivity index (χ3n) is 4.23. The van der Waals surface area contributed by atoms with E-state index in [4.69, 9.17) is 51.4 Å². The lowest BCUT2D eigenvalue weighted by atomic mass is 9.78. The van der Waals surface area contributed by atoms with Crippen LogP contribution < -0.4 is 11.5 Å². The average molecular weight is 440 g/mol. The van der Waals surface area contributed by atoms with Gasteiger partial charge in [0.2, 0.25) is 9.84 Å². The number of rotatable bonds is 6. The van der Waals surface area contributed by atoms with Gasteiger partial charge in [-0.3, -0.25) is 4.79 Å². The smallest absolute Gasteiger partial charge is 0.303 e. The van der Waals surface area contributed by atoms with Gasteiger partial charge >= 0.3 is 5.97 Å². The van der Waals surface area contributed by atoms with Crippen LogP contribution >= 0.6 is 34.8 Å². The van der Waals surface area contributed by atoms with Crippen LogP contribution in [0.5, 0.6) is 0 Å². The number of carboxylic acids is 1. The first-order valence-corrected chi connectivity index (χ1v) is 10.1. The van der Waals surface area contributed by atoms with Crippen LogP contribution in [0.4, 0.5) is 0 Å². The molecule has 0 saturated carbocycles. The van der Waals surface area contributed by atoms with Crippen molar-refractivity contribution in [3.8, 4) is 0 Å². The van der Waals surface area contributed by atoms with E-state index in [0.29, 0.717) is 0 Å². The molecule has 26 heavy (non-hydrogen) atoms. The molecule has 0 fully saturated rings. The Kier molecular flexibility index (Phi) is 6.43. The lowest BCUT2D eigenvalue weighted by Crippen LogP contribution is -2.50. The van der Waals surface area contributed by atoms with E-state index in [1.807, 2.05) is 0 Å². The number of carboxylic acid groups (broad SMARTS) is 1. The summed E-state index contributed by atoms with van der Waals surface area (Å²) < 4.78 is 26.0. The third-order valence-corrected chi connectivity index (χ3v) is 7.23. The Balaban J connectivity index is 2.54. The van der Waals surface area contributed by atoms with E-state index in [-0.39, 0.29) is 44.3 Å². The summed E-state index contributed by atoms with van der Waals surface area (Å²) in [4.78, 5) is 10.8. The predicted octanol–water partition coefficient (Wildman–Crippen LogP) is 2.92. The molecule has 0 aliphatic heterocycles. The highest BCUT2D eigenvalue weighted by Crippen LogP contribution is 2.38. The molecule has 2 rings (SSSR count). The SMILES string of the molecule is NC[C@@H](CC(=O)O)[C@@]1(N)C=C(S(=O)(=O)c2ccc(Cl)c(Cl)c2)C(Cl)=CC1. The van der Waals surface area contributed by atoms with Crippen molar-refractivity contribution in [2.45, 2.75) is 23.3 Å². The molecule has 142 valence electrons. The fraction of sp³-hybridized carbons (Fsp3) is 0.312. The average Bonchev–Trinajstić information content (AvgIpc) is 2.57. The molecular formula is C16H17Cl3N2O4S. The summed E-state index contributed by atoms with van der Waals surface area (Å²) in [5.74, 6) is -1.74. The van der Waals surface area contributed by atoms with Gasteiger partial charge in [-0.1, -0.05) is 40.9 Å². The van der Waals surface area contributed by atoms with Gasteiger partial charge in [0.05, 0.1) is 31.3 Å². The van der Waals surface area contributed by atoms with Crippen LogP contribution in [-0.4, -0.2) is 31.6 Å². The van der Waals surface area contributed by atoms with E-state index in [9.17, 15) is 13.2 Å². The molecule has 0 radical (unpaired) electrons. The summed E-state index contributed by atoms with van der Waals surface area (Å²) in [6, 6.07) is 3.88. The molecule has 0 spiro atoms. The second kappa shape index (κ2) is 7.88. The first-order chi connectivity index (χ1) is 12.0. The number of halogens is 3. The Bertz CT molecular complexity index is 899. The molecule has 1 aromatic carbocycles. The zero-order valence-electron chi connectivity index (χ0n) is 13.5. The van der Waals surface area contributed by atoms with Gasteiger partial charge in [0.1, 0.15) is 0 Å². The Hall–Kier alpha value is -1.09. The van der Waals surface area contributed by atoms with Crippen LogP contribution in [0.1, 0.15) is 12.8 Å². The highest BCUT2D eigenvalue weighted by atomic mass is 35.5. The lowest BCUT2D eigenvalue weighted by molar-refractivity contribution is -0.138. The number of hydrogen-bond acceptors (Lipinski definition) is 5. The molecule has 5 N–H and O–H groups in total. The van der Waals surface area contributed by atoms with Crippen molar-refractivity contribution >= 4 is 50.6 Å². The molecule has 0 heterocycles. The standard InChI is InChI=1S/C16H17Cl3N2O4S/c17-11-2-1-10(6-13(11)19)26(24,25)14-7-16(21,4-3-12(14)18)9(8-20)5-15(22)23/h1-3,6-7,9H,4-5,8,20-21H2,(H,22,23)/t9-,16+/m1/s1. The van der Waals surface area contributed by atoms with Crippen molar-refractivity contribution in [3.63, 3.8) is 0 Å². The van der Waals surface area contributed by atoms with Crippen molar-refractivity contribution in [3.05, 3.63) is 50.3 Å². The Morgan fingerprint density at radius 2 is 1.92 bits per heavy atom. The largest absolute Gasteiger partial charge is 0.481 e. The molecule has 1 aliphatic carbocycles. The zero-order valence-corrected chi connectivity index (χ0v) is 16.5. The summed E-state index contributed by atoms with van der Waals surface area (Å²) >= 11 is 17.9. The molecule has 1 aromatic rings. The third kappa shape index (κ3) is 4.24. The second-order valence-electron chi connectivity index (χ2n) is 5.99. The van der Waals surface area contributed by atoms with E-state index in [1.165, 1.54) is 30.4 Å². The van der Waals surface area contributed by atoms with Gasteiger partial charge in [0, 0.05) is 11.5 Å². The number of carbonyl (C=O) groups is 1. The minimum absolute atomic E-state index is 0.00300. The van der Waals surface area contributed by atoms with Crippen molar-refractivity contribution in [1.29, 1.82) is 0 Å². The minimum Gasteiger partial charge on any atom is -0.481 e. The lowest BCUT2D eigenvalue weighted by Gasteiger charge is -2.36. The summed E-state index contributed by atoms with van der Waals surface area (Å²) in [5, 5.41) is 9.35. The van der Waals surface area contributed by atoms with Crippen LogP contribution in [0.25, 0.3) is 0 Å². The molecule has 0 aromatic heterocycles. The number of sulfone groups is 1. The van der Waals surface area contributed by atoms with Crippen molar-refractivity contribution in [2.24, 2.45) is 17.4 Å². The first kappa shape index (κ1) is 21.2. The van der Waals surface area contributed by atoms with Crippen LogP contribution in [0.3, 0.4) is 0 Å². The summed E-state index contributed by atoms with van der Waals surface area (Å²) in [7, 11) is -4.04. The second-order valence-corrected chi connectivity index (χ2v) is 9.13. The molecule has 10 heteroatoms. The quantitative estimate of drug-likeness (QED) is 0.626. The number of nitrogens with two attached hydrogens (primary N) is 2. The molecule has 0 bridgehead atoms. The van der Waals surface area contributed by atoms with Crippen LogP contribution in [0.2, 0.25) is 10.0 Å². The number of hydrogen-bond donors (Lipinski definition) is 3. The molecule has 0 amide bonds. The Morgan fingerprint density at radius 1 is 1.27 bits per heavy atom. The van der Waals surface area contributed by atoms with Crippen molar-refractivity contribution in [2.75, 3.05) is 6.54 Å².